The van der Waals surface area contributed by atoms with Crippen LogP contribution in [0.2, 0.25) is 0 Å². The van der Waals surface area contributed by atoms with Gasteiger partial charge in [0.2, 0.25) is 0 Å². The molecule has 0 atom stereocenters. The van der Waals surface area contributed by atoms with Gasteiger partial charge in [0, 0.05) is 20.4 Å². The Kier molecular flexibility index (Phi) is 3.01. The van der Waals surface area contributed by atoms with Gasteiger partial charge >= 0.3 is 0 Å². The van der Waals surface area contributed by atoms with E-state index in [9.17, 15) is 0 Å². The van der Waals surface area contributed by atoms with Crippen molar-refractivity contribution in [3.63, 3.8) is 0 Å². The number of nitrogens with zero attached hydrogens (tertiary/aromatic N) is 1. The molecule has 0 aliphatic carbocycles. The molecule has 1 aromatic rings. The quantitative estimate of drug-likeness (QED) is 0.629. The third kappa shape index (κ3) is 1.35. The predicted octanol–water partition coefficient (Wildman–Crippen LogP) is 0.472. The fourth-order valence-electron chi connectivity index (χ4n) is 0.152. The van der Waals surface area contributed by atoms with Crippen LogP contribution >= 0.6 is 0 Å². The summed E-state index contributed by atoms with van der Waals surface area (Å²) in [6.45, 7) is 0. The van der Waals surface area contributed by atoms with Gasteiger partial charge in [-0.1, -0.05) is 6.20 Å². The van der Waals surface area contributed by atoms with Gasteiger partial charge in [0.25, 0.3) is 0 Å². The largest absolute Gasteiger partial charge is 0.581 e. The molecule has 0 saturated heterocycles. The zero-order chi connectivity index (χ0) is 3.54. The van der Waals surface area contributed by atoms with Crippen LogP contribution in [0.5, 0.6) is 0 Å². The van der Waals surface area contributed by atoms with Crippen molar-refractivity contribution in [2.24, 2.45) is 0 Å². The van der Waals surface area contributed by atoms with E-state index in [0.29, 0.717) is 0 Å². The predicted molar refractivity (Wildman–Crippen MR) is 15.3 cm³/mol. The molecule has 1 rings (SSSR count). The molecule has 0 fully saturated rings. The summed E-state index contributed by atoms with van der Waals surface area (Å²) in [6.07, 6.45) is 5.22. The monoisotopic (exact) mass is 255 g/mol. The van der Waals surface area contributed by atoms with Crippen molar-refractivity contribution < 1.29 is 24.8 Å². The van der Waals surface area contributed by atoms with E-state index in [1.54, 1.807) is 0 Å². The van der Waals surface area contributed by atoms with Crippen LogP contribution in [0.15, 0.2) is 16.9 Å². The van der Waals surface area contributed by atoms with Crippen LogP contribution < -0.4 is 0 Å². The molecule has 1 radical (unpaired) electrons. The fourth-order valence-corrected chi connectivity index (χ4v) is 0.152. The molecule has 1 aromatic heterocycles. The molecule has 33 valence electrons. The Bertz CT molecular complexity index is 67.3. The van der Waals surface area contributed by atoms with Crippen LogP contribution in [0.3, 0.4) is 0 Å². The number of aromatic nitrogens is 1. The Morgan fingerprint density at radius 3 is 2.67 bits per heavy atom. The summed E-state index contributed by atoms with van der Waals surface area (Å²) in [5, 5.41) is 0. The third-order valence-electron chi connectivity index (χ3n) is 0.309. The van der Waals surface area contributed by atoms with Crippen molar-refractivity contribution in [2.45, 2.75) is 0 Å². The van der Waals surface area contributed by atoms with E-state index in [1.807, 2.05) is 0 Å². The first-order valence-electron chi connectivity index (χ1n) is 1.25. The summed E-state index contributed by atoms with van der Waals surface area (Å²) >= 11 is 0. The molecular formula is C3H2NORe-. The van der Waals surface area contributed by atoms with E-state index in [1.165, 1.54) is 12.5 Å². The van der Waals surface area contributed by atoms with Gasteiger partial charge in [-0.15, -0.1) is 0 Å². The van der Waals surface area contributed by atoms with Gasteiger partial charge in [0.1, 0.15) is 6.39 Å². The molecular weight excluding hydrogens is 252 g/mol. The summed E-state index contributed by atoms with van der Waals surface area (Å²) in [4.78, 5) is 3.43. The van der Waals surface area contributed by atoms with Gasteiger partial charge in [0.05, 0.1) is 0 Å². The number of hydrogen-bond acceptors (Lipinski definition) is 2. The minimum absolute atomic E-state index is 0. The molecule has 0 spiro atoms. The molecule has 0 aliphatic heterocycles. The molecule has 0 bridgehead atoms. The Hall–Kier alpha value is -0.128. The molecule has 3 heteroatoms. The maximum absolute atomic E-state index is 4.35. The summed E-state index contributed by atoms with van der Waals surface area (Å²) < 4.78 is 4.35. The molecule has 0 aromatic carbocycles. The van der Waals surface area contributed by atoms with Gasteiger partial charge in [-0.2, -0.15) is 0 Å². The van der Waals surface area contributed by atoms with Crippen LogP contribution in [0.1, 0.15) is 0 Å². The van der Waals surface area contributed by atoms with Gasteiger partial charge in [-0.3, -0.25) is 0 Å². The molecule has 0 unspecified atom stereocenters. The van der Waals surface area contributed by atoms with Crippen molar-refractivity contribution in [2.75, 3.05) is 0 Å². The second-order valence-corrected chi connectivity index (χ2v) is 0.623. The van der Waals surface area contributed by atoms with Crippen molar-refractivity contribution in [1.29, 1.82) is 0 Å². The second kappa shape index (κ2) is 3.08. The van der Waals surface area contributed by atoms with E-state index < -0.39 is 0 Å². The fraction of sp³-hybridized carbons (Fsp3) is 0. The average molecular weight is 254 g/mol. The zero-order valence-electron chi connectivity index (χ0n) is 2.89. The number of rotatable bonds is 0. The molecule has 2 nitrogen and oxygen atoms in total. The van der Waals surface area contributed by atoms with Crippen LogP contribution in [-0.4, -0.2) is 4.98 Å². The minimum Gasteiger partial charge on any atom is -0.581 e. The Morgan fingerprint density at radius 1 is 1.67 bits per heavy atom. The van der Waals surface area contributed by atoms with E-state index in [2.05, 4.69) is 15.8 Å². The number of hydrogen-bond donors (Lipinski definition) is 0. The first-order chi connectivity index (χ1) is 2.50. The van der Waals surface area contributed by atoms with Crippen LogP contribution in [0.4, 0.5) is 0 Å². The Balaban J connectivity index is 0.000000250. The SMILES string of the molecule is [Re].[c-]1ncco1. The average Bonchev–Trinajstić information content (AvgIpc) is 1.76. The standard InChI is InChI=1S/C3H2NO.Re/c1-2-5-3-4-1;/h1-2H;/q-1;. The molecule has 1 heterocycles. The molecule has 0 saturated carbocycles. The van der Waals surface area contributed by atoms with Gasteiger partial charge in [-0.25, -0.2) is 0 Å². The molecule has 0 aliphatic rings. The van der Waals surface area contributed by atoms with E-state index in [4.69, 9.17) is 0 Å². The van der Waals surface area contributed by atoms with Crippen molar-refractivity contribution >= 4 is 0 Å². The maximum atomic E-state index is 4.35. The normalized spacial score (nSPS) is 6.67. The summed E-state index contributed by atoms with van der Waals surface area (Å²) in [5.74, 6) is 0. The molecule has 6 heavy (non-hydrogen) atoms. The zero-order valence-corrected chi connectivity index (χ0v) is 5.60. The second-order valence-electron chi connectivity index (χ2n) is 0.623. The summed E-state index contributed by atoms with van der Waals surface area (Å²) in [6, 6.07) is 0. The first-order valence-corrected chi connectivity index (χ1v) is 1.25. The number of oxazole rings is 1. The minimum atomic E-state index is 0. The van der Waals surface area contributed by atoms with E-state index in [0.717, 1.165) is 0 Å². The van der Waals surface area contributed by atoms with Gasteiger partial charge in [0.15, 0.2) is 0 Å². The molecule has 0 amide bonds. The van der Waals surface area contributed by atoms with Gasteiger partial charge < -0.3 is 9.40 Å². The summed E-state index contributed by atoms with van der Waals surface area (Å²) in [7, 11) is 0. The van der Waals surface area contributed by atoms with Crippen LogP contribution in [0.25, 0.3) is 0 Å². The Labute approximate surface area is 49.2 Å². The maximum Gasteiger partial charge on any atom is 0.101 e. The van der Waals surface area contributed by atoms with Crippen LogP contribution in [0, 0.1) is 6.39 Å². The third-order valence-corrected chi connectivity index (χ3v) is 0.309. The summed E-state index contributed by atoms with van der Waals surface area (Å²) in [5.41, 5.74) is 0. The van der Waals surface area contributed by atoms with Crippen molar-refractivity contribution in [3.8, 4) is 0 Å². The molecule has 0 N–H and O–H groups in total. The topological polar surface area (TPSA) is 26.0 Å². The van der Waals surface area contributed by atoms with Gasteiger partial charge in [-0.05, 0) is 6.26 Å². The Morgan fingerprint density at radius 2 is 2.50 bits per heavy atom. The van der Waals surface area contributed by atoms with E-state index in [-0.39, 0.29) is 20.4 Å². The smallest absolute Gasteiger partial charge is 0.101 e. The first kappa shape index (κ1) is 5.87. The van der Waals surface area contributed by atoms with Crippen LogP contribution in [-0.2, 0) is 20.4 Å². The van der Waals surface area contributed by atoms with Crippen molar-refractivity contribution in [3.05, 3.63) is 18.9 Å². The van der Waals surface area contributed by atoms with Crippen molar-refractivity contribution in [1.82, 2.24) is 4.98 Å². The van der Waals surface area contributed by atoms with E-state index >= 15 is 0 Å².